The van der Waals surface area contributed by atoms with E-state index in [1.807, 2.05) is 12.1 Å². The highest BCUT2D eigenvalue weighted by molar-refractivity contribution is 9.10. The van der Waals surface area contributed by atoms with Gasteiger partial charge >= 0.3 is 0 Å². The number of aliphatic hydroxyl groups excluding tert-OH is 1. The van der Waals surface area contributed by atoms with Crippen molar-refractivity contribution in [3.05, 3.63) is 58.6 Å². The van der Waals surface area contributed by atoms with E-state index in [-0.39, 0.29) is 19.1 Å². The molecule has 0 saturated carbocycles. The Morgan fingerprint density at radius 3 is 2.67 bits per heavy atom. The molecule has 1 amide bonds. The van der Waals surface area contributed by atoms with Crippen LogP contribution in [0.4, 0.5) is 5.69 Å². The van der Waals surface area contributed by atoms with Gasteiger partial charge in [-0.25, -0.2) is 8.51 Å². The molecule has 0 spiro atoms. The predicted octanol–water partition coefficient (Wildman–Crippen LogP) is 2.62. The Morgan fingerprint density at radius 1 is 1.29 bits per heavy atom. The molecule has 0 aliphatic carbocycles. The van der Waals surface area contributed by atoms with Gasteiger partial charge in [0.25, 0.3) is 5.91 Å². The lowest BCUT2D eigenvalue weighted by atomic mass is 10.2. The number of likely N-dealkylation sites (N-methyl/N-ethyl adjacent to an activating group) is 1. The maximum absolute atomic E-state index is 12.8. The van der Waals surface area contributed by atoms with Gasteiger partial charge in [0.05, 0.1) is 16.3 Å². The van der Waals surface area contributed by atoms with Crippen LogP contribution in [0.25, 0.3) is 0 Å². The minimum Gasteiger partial charge on any atom is -0.395 e. The van der Waals surface area contributed by atoms with Crippen LogP contribution in [0.1, 0.15) is 10.4 Å². The molecule has 0 heterocycles. The number of nitrogens with zero attached hydrogens (tertiary/aromatic N) is 1. The number of carbonyl (C=O) groups is 1. The molecule has 2 rings (SSSR count). The third-order valence-electron chi connectivity index (χ3n) is 3.47. The van der Waals surface area contributed by atoms with Crippen molar-refractivity contribution in [1.82, 2.24) is 4.31 Å². The number of nitrogens with one attached hydrogen (secondary N) is 1. The van der Waals surface area contributed by atoms with Gasteiger partial charge in [0.1, 0.15) is 0 Å². The smallest absolute Gasteiger partial charge is 0.255 e. The Bertz CT molecular complexity index is 837. The molecule has 7 heteroatoms. The SMILES string of the molecule is C=S(=O)(c1cccc(C(=O)Nc2cccc(Br)c2)c1)N(C)CCO. The highest BCUT2D eigenvalue weighted by Crippen LogP contribution is 2.19. The van der Waals surface area contributed by atoms with E-state index in [1.54, 1.807) is 43.4 Å². The summed E-state index contributed by atoms with van der Waals surface area (Å²) in [6, 6.07) is 13.8. The largest absolute Gasteiger partial charge is 0.395 e. The van der Waals surface area contributed by atoms with Crippen molar-refractivity contribution in [2.45, 2.75) is 4.90 Å². The Labute approximate surface area is 150 Å². The molecular formula is C17H19BrN2O3S. The summed E-state index contributed by atoms with van der Waals surface area (Å²) in [6.45, 7) is 0.114. The number of benzene rings is 2. The van der Waals surface area contributed by atoms with Crippen LogP contribution in [0.3, 0.4) is 0 Å². The second-order valence-electron chi connectivity index (χ2n) is 5.21. The number of hydrogen-bond acceptors (Lipinski definition) is 3. The van der Waals surface area contributed by atoms with Crippen molar-refractivity contribution in [1.29, 1.82) is 0 Å². The van der Waals surface area contributed by atoms with Crippen molar-refractivity contribution >= 4 is 43.1 Å². The first kappa shape index (κ1) is 18.7. The summed E-state index contributed by atoms with van der Waals surface area (Å²) in [5.74, 6) is 3.46. The van der Waals surface area contributed by atoms with Crippen molar-refractivity contribution < 1.29 is 14.1 Å². The predicted molar refractivity (Wildman–Crippen MR) is 102 cm³/mol. The molecule has 0 aliphatic heterocycles. The van der Waals surface area contributed by atoms with E-state index in [0.29, 0.717) is 16.1 Å². The summed E-state index contributed by atoms with van der Waals surface area (Å²) in [5, 5.41) is 11.8. The topological polar surface area (TPSA) is 69.6 Å². The monoisotopic (exact) mass is 410 g/mol. The number of carbonyl (C=O) groups excluding carboxylic acids is 1. The molecule has 0 aliphatic rings. The third-order valence-corrected chi connectivity index (χ3v) is 6.14. The van der Waals surface area contributed by atoms with Crippen molar-refractivity contribution in [2.75, 3.05) is 25.5 Å². The Kier molecular flexibility index (Phi) is 6.17. The van der Waals surface area contributed by atoms with Gasteiger partial charge in [-0.15, -0.1) is 0 Å². The van der Waals surface area contributed by atoms with E-state index in [2.05, 4.69) is 27.1 Å². The first-order chi connectivity index (χ1) is 11.3. The van der Waals surface area contributed by atoms with Gasteiger partial charge in [0, 0.05) is 27.2 Å². The Morgan fingerprint density at radius 2 is 2.00 bits per heavy atom. The molecule has 0 radical (unpaired) electrons. The van der Waals surface area contributed by atoms with Gasteiger partial charge in [-0.3, -0.25) is 4.79 Å². The first-order valence-corrected chi connectivity index (χ1v) is 9.68. The normalized spacial score (nSPS) is 13.5. The van der Waals surface area contributed by atoms with Gasteiger partial charge in [0.15, 0.2) is 0 Å². The van der Waals surface area contributed by atoms with Gasteiger partial charge in [-0.05, 0) is 49.3 Å². The maximum atomic E-state index is 12.8. The molecule has 2 N–H and O–H groups in total. The molecule has 2 aromatic rings. The van der Waals surface area contributed by atoms with Crippen molar-refractivity contribution in [2.24, 2.45) is 0 Å². The summed E-state index contributed by atoms with van der Waals surface area (Å²) >= 11 is 3.35. The lowest BCUT2D eigenvalue weighted by Crippen LogP contribution is -2.29. The first-order valence-electron chi connectivity index (χ1n) is 7.21. The van der Waals surface area contributed by atoms with Gasteiger partial charge in [-0.1, -0.05) is 28.1 Å². The second kappa shape index (κ2) is 7.94. The number of halogens is 1. The van der Waals surface area contributed by atoms with Crippen LogP contribution < -0.4 is 5.32 Å². The number of rotatable bonds is 6. The fourth-order valence-corrected chi connectivity index (χ4v) is 3.81. The summed E-state index contributed by atoms with van der Waals surface area (Å²) in [6.07, 6.45) is 0. The molecule has 1 unspecified atom stereocenters. The standard InChI is InChI=1S/C17H19BrN2O3S/c1-20(9-10-21)24(2,23)16-8-3-5-13(11-16)17(22)19-15-7-4-6-14(18)12-15/h3-8,11-12,21H,2,9-10H2,1H3,(H,19,22). The zero-order valence-corrected chi connectivity index (χ0v) is 15.6. The number of aliphatic hydroxyl groups is 1. The Hall–Kier alpha value is -1.67. The summed E-state index contributed by atoms with van der Waals surface area (Å²) in [7, 11) is -1.13. The maximum Gasteiger partial charge on any atom is 0.255 e. The minimum absolute atomic E-state index is 0.119. The third kappa shape index (κ3) is 4.45. The van der Waals surface area contributed by atoms with E-state index in [0.717, 1.165) is 4.47 Å². The van der Waals surface area contributed by atoms with Gasteiger partial charge < -0.3 is 10.4 Å². The van der Waals surface area contributed by atoms with E-state index >= 15 is 0 Å². The summed E-state index contributed by atoms with van der Waals surface area (Å²) in [5.41, 5.74) is 1.05. The molecule has 24 heavy (non-hydrogen) atoms. The minimum atomic E-state index is -2.75. The highest BCUT2D eigenvalue weighted by Gasteiger charge is 2.16. The summed E-state index contributed by atoms with van der Waals surface area (Å²) in [4.78, 5) is 12.9. The van der Waals surface area contributed by atoms with E-state index < -0.39 is 9.71 Å². The van der Waals surface area contributed by atoms with Crippen LogP contribution in [-0.2, 0) is 9.71 Å². The molecule has 5 nitrogen and oxygen atoms in total. The molecule has 0 bridgehead atoms. The molecule has 128 valence electrons. The van der Waals surface area contributed by atoms with Crippen LogP contribution >= 0.6 is 15.9 Å². The van der Waals surface area contributed by atoms with E-state index in [9.17, 15) is 9.00 Å². The van der Waals surface area contributed by atoms with Crippen LogP contribution in [0.2, 0.25) is 0 Å². The Balaban J connectivity index is 2.25. The fourth-order valence-electron chi connectivity index (χ4n) is 2.07. The average molecular weight is 411 g/mol. The van der Waals surface area contributed by atoms with Gasteiger partial charge in [0.2, 0.25) is 0 Å². The van der Waals surface area contributed by atoms with Crippen LogP contribution in [-0.4, -0.2) is 45.6 Å². The number of hydrogen-bond donors (Lipinski definition) is 2. The van der Waals surface area contributed by atoms with E-state index in [1.165, 1.54) is 4.31 Å². The summed E-state index contributed by atoms with van der Waals surface area (Å²) < 4.78 is 15.2. The zero-order chi connectivity index (χ0) is 17.7. The molecule has 0 aromatic heterocycles. The molecule has 1 atom stereocenters. The van der Waals surface area contributed by atoms with Crippen molar-refractivity contribution in [3.63, 3.8) is 0 Å². The molecular weight excluding hydrogens is 392 g/mol. The van der Waals surface area contributed by atoms with Gasteiger partial charge in [-0.2, -0.15) is 0 Å². The fraction of sp³-hybridized carbons (Fsp3) is 0.176. The second-order valence-corrected chi connectivity index (χ2v) is 8.50. The molecule has 2 aromatic carbocycles. The number of amides is 1. The van der Waals surface area contributed by atoms with Crippen LogP contribution in [0, 0.1) is 0 Å². The van der Waals surface area contributed by atoms with Crippen LogP contribution in [0.5, 0.6) is 0 Å². The lowest BCUT2D eigenvalue weighted by molar-refractivity contribution is 0.102. The highest BCUT2D eigenvalue weighted by atomic mass is 79.9. The molecule has 0 fully saturated rings. The lowest BCUT2D eigenvalue weighted by Gasteiger charge is -2.21. The van der Waals surface area contributed by atoms with Crippen molar-refractivity contribution in [3.8, 4) is 0 Å². The van der Waals surface area contributed by atoms with Crippen LogP contribution in [0.15, 0.2) is 57.9 Å². The average Bonchev–Trinajstić information content (AvgIpc) is 2.55. The zero-order valence-electron chi connectivity index (χ0n) is 13.2. The van der Waals surface area contributed by atoms with E-state index in [4.69, 9.17) is 5.11 Å². The quantitative estimate of drug-likeness (QED) is 0.719. The molecule has 0 saturated heterocycles. The number of anilines is 1.